The van der Waals surface area contributed by atoms with Crippen LogP contribution in [0.1, 0.15) is 26.3 Å². The number of hydrogen-bond acceptors (Lipinski definition) is 4. The number of rotatable bonds is 3. The molecule has 19 heavy (non-hydrogen) atoms. The maximum absolute atomic E-state index is 11.4. The average Bonchev–Trinajstić information content (AvgIpc) is 2.25. The van der Waals surface area contributed by atoms with E-state index >= 15 is 0 Å². The van der Waals surface area contributed by atoms with Crippen LogP contribution in [0.2, 0.25) is 10.3 Å². The molecule has 0 bridgehead atoms. The summed E-state index contributed by atoms with van der Waals surface area (Å²) in [6, 6.07) is 0. The summed E-state index contributed by atoms with van der Waals surface area (Å²) in [5, 5.41) is 3.09. The van der Waals surface area contributed by atoms with Gasteiger partial charge in [0.2, 0.25) is 0 Å². The topological polar surface area (TPSA) is 64.1 Å². The quantitative estimate of drug-likeness (QED) is 0.870. The minimum absolute atomic E-state index is 0.258. The zero-order chi connectivity index (χ0) is 14.5. The molecule has 1 amide bonds. The number of amides is 1. The van der Waals surface area contributed by atoms with Gasteiger partial charge in [0.15, 0.2) is 0 Å². The Morgan fingerprint density at radius 1 is 1.37 bits per heavy atom. The van der Waals surface area contributed by atoms with Crippen molar-refractivity contribution in [3.8, 4) is 0 Å². The second kappa shape index (κ2) is 6.73. The summed E-state index contributed by atoms with van der Waals surface area (Å²) in [4.78, 5) is 19.0. The summed E-state index contributed by atoms with van der Waals surface area (Å²) in [7, 11) is 0. The molecule has 1 aromatic rings. The smallest absolute Gasteiger partial charge is 0.407 e. The first kappa shape index (κ1) is 15.7. The highest BCUT2D eigenvalue weighted by Gasteiger charge is 2.15. The average molecular weight is 304 g/mol. The van der Waals surface area contributed by atoms with Gasteiger partial charge in [0, 0.05) is 12.1 Å². The van der Waals surface area contributed by atoms with Gasteiger partial charge < -0.3 is 10.1 Å². The fourth-order valence-electron chi connectivity index (χ4n) is 1.13. The molecule has 0 unspecified atom stereocenters. The van der Waals surface area contributed by atoms with E-state index in [0.29, 0.717) is 5.56 Å². The number of carbonyl (C=O) groups excluding carboxylic acids is 1. The van der Waals surface area contributed by atoms with Crippen molar-refractivity contribution in [3.05, 3.63) is 28.3 Å². The number of alkyl carbamates (subject to hydrolysis) is 1. The van der Waals surface area contributed by atoms with Crippen LogP contribution in [0.3, 0.4) is 0 Å². The molecule has 0 saturated carbocycles. The van der Waals surface area contributed by atoms with Crippen LogP contribution >= 0.6 is 23.2 Å². The molecule has 1 rings (SSSR count). The van der Waals surface area contributed by atoms with Crippen LogP contribution in [0.15, 0.2) is 12.4 Å². The fourth-order valence-corrected chi connectivity index (χ4v) is 1.57. The summed E-state index contributed by atoms with van der Waals surface area (Å²) in [6.45, 7) is 5.67. The number of aromatic nitrogens is 2. The molecule has 0 saturated heterocycles. The van der Waals surface area contributed by atoms with Crippen molar-refractivity contribution in [3.63, 3.8) is 0 Å². The Morgan fingerprint density at radius 3 is 2.47 bits per heavy atom. The Labute approximate surface area is 122 Å². The SMILES string of the molecule is CC(C)(C)OC(=O)NCC=Cc1c(Cl)ncnc1Cl. The van der Waals surface area contributed by atoms with Gasteiger partial charge in [-0.3, -0.25) is 0 Å². The molecular formula is C12H15Cl2N3O2. The van der Waals surface area contributed by atoms with Gasteiger partial charge in [0.25, 0.3) is 0 Å². The van der Waals surface area contributed by atoms with Gasteiger partial charge in [-0.15, -0.1) is 0 Å². The molecule has 0 spiro atoms. The monoisotopic (exact) mass is 303 g/mol. The van der Waals surface area contributed by atoms with Crippen LogP contribution in [0.25, 0.3) is 6.08 Å². The largest absolute Gasteiger partial charge is 0.444 e. The van der Waals surface area contributed by atoms with Gasteiger partial charge in [-0.05, 0) is 20.8 Å². The maximum Gasteiger partial charge on any atom is 0.407 e. The van der Waals surface area contributed by atoms with Gasteiger partial charge in [-0.2, -0.15) is 0 Å². The Bertz CT molecular complexity index is 464. The number of carbonyl (C=O) groups is 1. The first-order valence-electron chi connectivity index (χ1n) is 5.59. The van der Waals surface area contributed by atoms with Crippen molar-refractivity contribution >= 4 is 35.4 Å². The Morgan fingerprint density at radius 2 is 1.95 bits per heavy atom. The summed E-state index contributed by atoms with van der Waals surface area (Å²) in [5.41, 5.74) is -0.00921. The predicted octanol–water partition coefficient (Wildman–Crippen LogP) is 3.32. The van der Waals surface area contributed by atoms with E-state index in [1.165, 1.54) is 6.33 Å². The second-order valence-electron chi connectivity index (χ2n) is 4.65. The zero-order valence-electron chi connectivity index (χ0n) is 10.9. The highest BCUT2D eigenvalue weighted by Crippen LogP contribution is 2.20. The molecule has 0 aromatic carbocycles. The lowest BCUT2D eigenvalue weighted by atomic mass is 10.2. The zero-order valence-corrected chi connectivity index (χ0v) is 12.4. The van der Waals surface area contributed by atoms with E-state index in [1.54, 1.807) is 32.9 Å². The van der Waals surface area contributed by atoms with E-state index in [4.69, 9.17) is 27.9 Å². The molecule has 0 fully saturated rings. The van der Waals surface area contributed by atoms with Crippen molar-refractivity contribution < 1.29 is 9.53 Å². The summed E-state index contributed by atoms with van der Waals surface area (Å²) in [5.74, 6) is 0. The van der Waals surface area contributed by atoms with E-state index in [1.807, 2.05) is 0 Å². The van der Waals surface area contributed by atoms with Crippen LogP contribution in [0, 0.1) is 0 Å². The minimum atomic E-state index is -0.520. The number of nitrogens with zero attached hydrogens (tertiary/aromatic N) is 2. The van der Waals surface area contributed by atoms with Crippen molar-refractivity contribution in [2.75, 3.05) is 6.54 Å². The first-order valence-corrected chi connectivity index (χ1v) is 6.34. The number of halogens is 2. The molecule has 0 atom stereocenters. The normalized spacial score (nSPS) is 11.6. The lowest BCUT2D eigenvalue weighted by Crippen LogP contribution is -2.32. The molecular weight excluding hydrogens is 289 g/mol. The minimum Gasteiger partial charge on any atom is -0.444 e. The van der Waals surface area contributed by atoms with E-state index in [9.17, 15) is 4.79 Å². The first-order chi connectivity index (χ1) is 8.79. The van der Waals surface area contributed by atoms with E-state index in [2.05, 4.69) is 15.3 Å². The van der Waals surface area contributed by atoms with Gasteiger partial charge in [0.05, 0.1) is 0 Å². The van der Waals surface area contributed by atoms with Crippen molar-refractivity contribution in [2.45, 2.75) is 26.4 Å². The Hall–Kier alpha value is -1.33. The van der Waals surface area contributed by atoms with Gasteiger partial charge in [-0.25, -0.2) is 14.8 Å². The third kappa shape index (κ3) is 5.89. The summed E-state index contributed by atoms with van der Waals surface area (Å²) < 4.78 is 5.08. The number of hydrogen-bond donors (Lipinski definition) is 1. The summed E-state index contributed by atoms with van der Waals surface area (Å²) in [6.07, 6.45) is 4.11. The lowest BCUT2D eigenvalue weighted by molar-refractivity contribution is 0.0534. The third-order valence-corrected chi connectivity index (χ3v) is 2.44. The van der Waals surface area contributed by atoms with E-state index in [0.717, 1.165) is 0 Å². The highest BCUT2D eigenvalue weighted by molar-refractivity contribution is 6.35. The Kier molecular flexibility index (Phi) is 5.57. The highest BCUT2D eigenvalue weighted by atomic mass is 35.5. The lowest BCUT2D eigenvalue weighted by Gasteiger charge is -2.19. The molecule has 104 valence electrons. The van der Waals surface area contributed by atoms with Gasteiger partial charge in [-0.1, -0.05) is 35.4 Å². The number of ether oxygens (including phenoxy) is 1. The van der Waals surface area contributed by atoms with Crippen molar-refractivity contribution in [1.82, 2.24) is 15.3 Å². The molecule has 0 radical (unpaired) electrons. The van der Waals surface area contributed by atoms with E-state index < -0.39 is 11.7 Å². The molecule has 1 aromatic heterocycles. The number of nitrogens with one attached hydrogen (secondary N) is 1. The maximum atomic E-state index is 11.4. The van der Waals surface area contributed by atoms with Crippen molar-refractivity contribution in [2.24, 2.45) is 0 Å². The molecule has 5 nitrogen and oxygen atoms in total. The molecule has 1 N–H and O–H groups in total. The van der Waals surface area contributed by atoms with Crippen LogP contribution in [-0.2, 0) is 4.74 Å². The fraction of sp³-hybridized carbons (Fsp3) is 0.417. The standard InChI is InChI=1S/C12H15Cl2N3O2/c1-12(2,3)19-11(18)15-6-4-5-8-9(13)16-7-17-10(8)14/h4-5,7H,6H2,1-3H3,(H,15,18). The molecule has 7 heteroatoms. The summed E-state index contributed by atoms with van der Waals surface area (Å²) >= 11 is 11.7. The van der Waals surface area contributed by atoms with Crippen molar-refractivity contribution in [1.29, 1.82) is 0 Å². The Balaban J connectivity index is 2.49. The third-order valence-electron chi connectivity index (χ3n) is 1.83. The molecule has 0 aliphatic rings. The van der Waals surface area contributed by atoms with Crippen LogP contribution in [0.5, 0.6) is 0 Å². The van der Waals surface area contributed by atoms with Crippen LogP contribution < -0.4 is 5.32 Å². The van der Waals surface area contributed by atoms with E-state index in [-0.39, 0.29) is 16.9 Å². The van der Waals surface area contributed by atoms with Crippen LogP contribution in [-0.4, -0.2) is 28.2 Å². The molecule has 0 aliphatic heterocycles. The second-order valence-corrected chi connectivity index (χ2v) is 5.37. The van der Waals surface area contributed by atoms with Crippen LogP contribution in [0.4, 0.5) is 4.79 Å². The molecule has 0 aliphatic carbocycles. The predicted molar refractivity (Wildman–Crippen MR) is 75.3 cm³/mol. The molecule has 1 heterocycles. The van der Waals surface area contributed by atoms with Gasteiger partial charge in [0.1, 0.15) is 22.2 Å². The van der Waals surface area contributed by atoms with Gasteiger partial charge >= 0.3 is 6.09 Å².